The number of aliphatic hydroxyl groups excluding tert-OH is 1. The van der Waals surface area contributed by atoms with Gasteiger partial charge in [-0.05, 0) is 77.1 Å². The summed E-state index contributed by atoms with van der Waals surface area (Å²) in [5, 5.41) is 12.0. The molecule has 6 atom stereocenters. The van der Waals surface area contributed by atoms with Crippen LogP contribution in [0.25, 0.3) is 0 Å². The summed E-state index contributed by atoms with van der Waals surface area (Å²) in [6, 6.07) is 6.92. The van der Waals surface area contributed by atoms with Crippen LogP contribution in [0.2, 0.25) is 0 Å². The Labute approximate surface area is 285 Å². The van der Waals surface area contributed by atoms with Crippen molar-refractivity contribution in [1.82, 2.24) is 10.2 Å². The smallest absolute Gasteiger partial charge is 0.312 e. The van der Waals surface area contributed by atoms with Crippen LogP contribution >= 0.6 is 0 Å². The molecule has 11 heteroatoms. The summed E-state index contributed by atoms with van der Waals surface area (Å²) in [4.78, 5) is 60.4. The van der Waals surface area contributed by atoms with E-state index in [9.17, 15) is 24.3 Å². The van der Waals surface area contributed by atoms with E-state index in [0.717, 1.165) is 31.6 Å². The van der Waals surface area contributed by atoms with E-state index in [1.165, 1.54) is 0 Å². The van der Waals surface area contributed by atoms with E-state index >= 15 is 0 Å². The minimum Gasteiger partial charge on any atom is -0.460 e. The molecule has 3 aliphatic heterocycles. The Kier molecular flexibility index (Phi) is 13.2. The second kappa shape index (κ2) is 17.1. The van der Waals surface area contributed by atoms with Gasteiger partial charge in [-0.2, -0.15) is 0 Å². The molecule has 48 heavy (non-hydrogen) atoms. The second-order valence-corrected chi connectivity index (χ2v) is 13.0. The molecule has 2 bridgehead atoms. The first-order valence-electron chi connectivity index (χ1n) is 17.6. The molecule has 1 aromatic carbocycles. The fourth-order valence-corrected chi connectivity index (χ4v) is 7.62. The van der Waals surface area contributed by atoms with E-state index in [1.54, 1.807) is 28.9 Å². The fraction of sp³-hybridized carbons (Fsp3) is 0.622. The Hall–Kier alpha value is -3.70. The van der Waals surface area contributed by atoms with Gasteiger partial charge in [-0.3, -0.25) is 19.2 Å². The van der Waals surface area contributed by atoms with E-state index in [1.807, 2.05) is 24.3 Å². The summed E-state index contributed by atoms with van der Waals surface area (Å²) in [5.74, 6) is -2.92. The Balaban J connectivity index is 1.60. The van der Waals surface area contributed by atoms with E-state index in [0.29, 0.717) is 50.8 Å². The molecule has 1 aromatic rings. The van der Waals surface area contributed by atoms with Crippen LogP contribution in [0.4, 0.5) is 11.4 Å². The molecule has 11 nitrogen and oxygen atoms in total. The second-order valence-electron chi connectivity index (χ2n) is 13.0. The van der Waals surface area contributed by atoms with Gasteiger partial charge in [0, 0.05) is 50.6 Å². The number of nitrogens with one attached hydrogen (secondary N) is 1. The van der Waals surface area contributed by atoms with Gasteiger partial charge in [-0.15, -0.1) is 13.2 Å². The molecule has 0 aromatic heterocycles. The van der Waals surface area contributed by atoms with Crippen molar-refractivity contribution >= 4 is 35.1 Å². The highest BCUT2D eigenvalue weighted by atomic mass is 16.6. The number of hydrogen-bond acceptors (Lipinski definition) is 8. The van der Waals surface area contributed by atoms with Crippen molar-refractivity contribution in [2.75, 3.05) is 49.1 Å². The van der Waals surface area contributed by atoms with Crippen LogP contribution in [0.5, 0.6) is 0 Å². The lowest BCUT2D eigenvalue weighted by atomic mass is 9.70. The molecule has 0 saturated carbocycles. The maximum Gasteiger partial charge on any atom is 0.312 e. The van der Waals surface area contributed by atoms with Crippen molar-refractivity contribution in [1.29, 1.82) is 0 Å². The number of carbonyl (C=O) groups excluding carboxylic acids is 4. The number of esters is 1. The number of aliphatic hydroxyl groups is 1. The first kappa shape index (κ1) is 37.1. The highest BCUT2D eigenvalue weighted by Crippen LogP contribution is 2.59. The summed E-state index contributed by atoms with van der Waals surface area (Å²) in [7, 11) is 0. The minimum atomic E-state index is -1.16. The first-order valence-corrected chi connectivity index (χ1v) is 17.6. The van der Waals surface area contributed by atoms with E-state index in [4.69, 9.17) is 9.47 Å². The number of unbranched alkanes of at least 4 members (excludes halogenated alkanes) is 3. The molecule has 0 unspecified atom stereocenters. The van der Waals surface area contributed by atoms with Crippen molar-refractivity contribution in [2.45, 2.75) is 96.0 Å². The van der Waals surface area contributed by atoms with E-state index in [-0.39, 0.29) is 37.4 Å². The maximum atomic E-state index is 14.8. The molecule has 3 fully saturated rings. The van der Waals surface area contributed by atoms with Crippen molar-refractivity contribution in [3.63, 3.8) is 0 Å². The number of anilines is 2. The number of rotatable bonds is 20. The quantitative estimate of drug-likeness (QED) is 0.122. The van der Waals surface area contributed by atoms with Crippen molar-refractivity contribution in [3.05, 3.63) is 49.6 Å². The SMILES string of the molecule is C=CCCC(=O)NC[C@@H](C)OC(=O)[C@@H]1[C@@H]2CC[C@]3(O2)[C@H](C(=O)N(CC=C)c2ccc(N(CC)CC)cc2)N(CCCCCCO)C(=O)[C@@H]13. The van der Waals surface area contributed by atoms with Crippen LogP contribution in [0.1, 0.15) is 72.1 Å². The lowest BCUT2D eigenvalue weighted by molar-refractivity contribution is -0.159. The number of ether oxygens (including phenoxy) is 2. The number of allylic oxidation sites excluding steroid dienone is 1. The van der Waals surface area contributed by atoms with Crippen LogP contribution in [0.15, 0.2) is 49.6 Å². The van der Waals surface area contributed by atoms with Gasteiger partial charge in [-0.1, -0.05) is 25.0 Å². The molecule has 2 N–H and O–H groups in total. The van der Waals surface area contributed by atoms with Crippen molar-refractivity contribution in [2.24, 2.45) is 11.8 Å². The lowest BCUT2D eigenvalue weighted by Gasteiger charge is -2.37. The highest BCUT2D eigenvalue weighted by molar-refractivity contribution is 6.04. The van der Waals surface area contributed by atoms with Gasteiger partial charge < -0.3 is 34.6 Å². The summed E-state index contributed by atoms with van der Waals surface area (Å²) in [6.45, 7) is 16.0. The third kappa shape index (κ3) is 7.78. The zero-order chi connectivity index (χ0) is 34.8. The van der Waals surface area contributed by atoms with Crippen LogP contribution in [0, 0.1) is 11.8 Å². The molecular weight excluding hydrogens is 612 g/mol. The molecule has 3 heterocycles. The van der Waals surface area contributed by atoms with E-state index < -0.39 is 41.7 Å². The Morgan fingerprint density at radius 3 is 2.44 bits per heavy atom. The topological polar surface area (TPSA) is 129 Å². The molecule has 4 rings (SSSR count). The van der Waals surface area contributed by atoms with Crippen LogP contribution in [-0.4, -0.2) is 96.9 Å². The normalized spacial score (nSPS) is 24.6. The van der Waals surface area contributed by atoms with Crippen molar-refractivity contribution < 1.29 is 33.8 Å². The molecule has 3 aliphatic rings. The van der Waals surface area contributed by atoms with Gasteiger partial charge in [-0.25, -0.2) is 0 Å². The third-order valence-electron chi connectivity index (χ3n) is 9.96. The Bertz CT molecular complexity index is 1300. The molecule has 0 aliphatic carbocycles. The first-order chi connectivity index (χ1) is 23.2. The average Bonchev–Trinajstić information content (AvgIpc) is 3.73. The number of benzene rings is 1. The van der Waals surface area contributed by atoms with Crippen LogP contribution in [-0.2, 0) is 28.7 Å². The number of likely N-dealkylation sites (tertiary alicyclic amines) is 1. The van der Waals surface area contributed by atoms with Crippen molar-refractivity contribution in [3.8, 4) is 0 Å². The zero-order valence-electron chi connectivity index (χ0n) is 28.9. The Morgan fingerprint density at radius 2 is 1.79 bits per heavy atom. The summed E-state index contributed by atoms with van der Waals surface area (Å²) >= 11 is 0. The summed E-state index contributed by atoms with van der Waals surface area (Å²) in [6.07, 6.45) is 6.98. The molecule has 1 spiro atoms. The number of nitrogens with zero attached hydrogens (tertiary/aromatic N) is 3. The predicted molar refractivity (Wildman–Crippen MR) is 185 cm³/mol. The predicted octanol–water partition coefficient (Wildman–Crippen LogP) is 3.99. The summed E-state index contributed by atoms with van der Waals surface area (Å²) < 4.78 is 12.4. The molecule has 264 valence electrons. The Morgan fingerprint density at radius 1 is 1.10 bits per heavy atom. The van der Waals surface area contributed by atoms with Gasteiger partial charge in [0.15, 0.2) is 0 Å². The number of hydrogen-bond donors (Lipinski definition) is 2. The molecule has 0 radical (unpaired) electrons. The van der Waals surface area contributed by atoms with Gasteiger partial charge in [0.25, 0.3) is 5.91 Å². The van der Waals surface area contributed by atoms with Gasteiger partial charge in [0.2, 0.25) is 11.8 Å². The largest absolute Gasteiger partial charge is 0.460 e. The maximum absolute atomic E-state index is 14.8. The highest BCUT2D eigenvalue weighted by Gasteiger charge is 2.75. The summed E-state index contributed by atoms with van der Waals surface area (Å²) in [5.41, 5.74) is 0.591. The lowest BCUT2D eigenvalue weighted by Crippen LogP contribution is -2.56. The third-order valence-corrected chi connectivity index (χ3v) is 9.96. The van der Waals surface area contributed by atoms with Crippen LogP contribution in [0.3, 0.4) is 0 Å². The van der Waals surface area contributed by atoms with Gasteiger partial charge in [0.05, 0.1) is 24.5 Å². The fourth-order valence-electron chi connectivity index (χ4n) is 7.62. The number of fused-ring (bicyclic) bond motifs is 1. The number of carbonyl (C=O) groups is 4. The molecular formula is C37H54N4O7. The van der Waals surface area contributed by atoms with E-state index in [2.05, 4.69) is 37.2 Å². The number of amides is 3. The molecule has 3 saturated heterocycles. The van der Waals surface area contributed by atoms with Crippen LogP contribution < -0.4 is 15.1 Å². The monoisotopic (exact) mass is 666 g/mol. The molecule has 3 amide bonds. The standard InChI is InChI=1S/C37H54N4O7/c1-6-10-15-30(43)38-25-26(5)47-36(46)31-29-20-21-37(48-29)32(31)34(44)41(23-13-11-12-14-24-42)33(37)35(45)40(22-7-2)28-18-16-27(17-19-28)39(8-3)9-4/h6-7,16-19,26,29,31-33,42H,1-2,8-15,20-25H2,3-5H3,(H,38,43)/t26-,29+,31-,32-,33+,37-/m1/s1. The minimum absolute atomic E-state index is 0.106. The van der Waals surface area contributed by atoms with Gasteiger partial charge >= 0.3 is 5.97 Å². The zero-order valence-corrected chi connectivity index (χ0v) is 28.9. The van der Waals surface area contributed by atoms with Gasteiger partial charge in [0.1, 0.15) is 17.7 Å². The average molecular weight is 667 g/mol.